The third kappa shape index (κ3) is 6.57. The van der Waals surface area contributed by atoms with E-state index in [4.69, 9.17) is 16.3 Å². The lowest BCUT2D eigenvalue weighted by Crippen LogP contribution is -2.30. The zero-order valence-corrected chi connectivity index (χ0v) is 23.2. The van der Waals surface area contributed by atoms with Crippen molar-refractivity contribution in [2.45, 2.75) is 44.6 Å². The van der Waals surface area contributed by atoms with Gasteiger partial charge in [-0.2, -0.15) is 0 Å². The number of carbonyl (C=O) groups excluding carboxylic acids is 1. The van der Waals surface area contributed by atoms with Crippen molar-refractivity contribution in [1.82, 2.24) is 14.5 Å². The smallest absolute Gasteiger partial charge is 0.243 e. The average Bonchev–Trinajstić information content (AvgIpc) is 3.37. The molecule has 0 aromatic heterocycles. The van der Waals surface area contributed by atoms with Crippen LogP contribution in [0.3, 0.4) is 0 Å². The van der Waals surface area contributed by atoms with Crippen molar-refractivity contribution in [1.29, 1.82) is 0 Å². The van der Waals surface area contributed by atoms with Gasteiger partial charge in [-0.05, 0) is 61.6 Å². The molecule has 1 N–H and O–H groups in total. The maximum absolute atomic E-state index is 13.1. The number of unbranched alkanes of at least 4 members (excludes halogenated alkanes) is 1. The number of halogens is 1. The Balaban J connectivity index is 1.50. The fourth-order valence-electron chi connectivity index (χ4n) is 4.27. The third-order valence-electron chi connectivity index (χ3n) is 6.29. The second-order valence-corrected chi connectivity index (χ2v) is 11.5. The highest BCUT2D eigenvalue weighted by Gasteiger charge is 2.25. The van der Waals surface area contributed by atoms with Crippen molar-refractivity contribution in [3.8, 4) is 5.75 Å². The summed E-state index contributed by atoms with van der Waals surface area (Å²) in [6.07, 6.45) is 1.50. The maximum atomic E-state index is 13.1. The van der Waals surface area contributed by atoms with Crippen molar-refractivity contribution < 1.29 is 17.9 Å². The van der Waals surface area contributed by atoms with E-state index in [9.17, 15) is 13.2 Å². The van der Waals surface area contributed by atoms with Crippen LogP contribution in [-0.4, -0.2) is 70.2 Å². The summed E-state index contributed by atoms with van der Waals surface area (Å²) in [5.41, 5.74) is 3.10. The normalized spacial score (nSPS) is 13.5. The fraction of sp³-hybridized carbons (Fsp3) is 0.462. The van der Waals surface area contributed by atoms with Gasteiger partial charge < -0.3 is 15.0 Å². The zero-order valence-electron chi connectivity index (χ0n) is 21.6. The molecule has 0 unspecified atom stereocenters. The molecule has 2 aromatic carbocycles. The number of nitrogens with zero attached hydrogens (tertiary/aromatic N) is 3. The van der Waals surface area contributed by atoms with Gasteiger partial charge in [0.2, 0.25) is 15.9 Å². The molecule has 0 spiro atoms. The number of amidine groups is 1. The number of carbonyl (C=O) groups is 1. The van der Waals surface area contributed by atoms with Crippen molar-refractivity contribution >= 4 is 33.4 Å². The summed E-state index contributed by atoms with van der Waals surface area (Å²) in [4.78, 5) is 19.0. The molecule has 196 valence electrons. The van der Waals surface area contributed by atoms with Crippen molar-refractivity contribution in [3.63, 3.8) is 0 Å². The molecule has 2 aromatic rings. The standard InChI is InChI=1S/C26H35ClN4O4S/c1-18-14-22(35-5)15-19(2)25(18)36(33,34)31(4)13-7-6-8-24(32)30(3)17-21-10-9-20(16-23(21)27)26-28-11-12-29-26/h9-10,14-16H,6-8,11-13,17H2,1-5H3,(H,28,29). The first-order chi connectivity index (χ1) is 17.0. The number of hydrogen-bond donors (Lipinski definition) is 1. The lowest BCUT2D eigenvalue weighted by molar-refractivity contribution is -0.130. The van der Waals surface area contributed by atoms with E-state index in [1.54, 1.807) is 52.1 Å². The first-order valence-corrected chi connectivity index (χ1v) is 13.8. The van der Waals surface area contributed by atoms with Crippen LogP contribution in [-0.2, 0) is 21.4 Å². The van der Waals surface area contributed by atoms with Crippen LogP contribution < -0.4 is 10.1 Å². The lowest BCUT2D eigenvalue weighted by Gasteiger charge is -2.21. The van der Waals surface area contributed by atoms with Crippen LogP contribution in [0.2, 0.25) is 5.02 Å². The Kier molecular flexibility index (Phi) is 9.38. The van der Waals surface area contributed by atoms with Gasteiger partial charge in [-0.25, -0.2) is 12.7 Å². The van der Waals surface area contributed by atoms with Crippen LogP contribution in [0.5, 0.6) is 5.75 Å². The molecule has 0 saturated carbocycles. The molecule has 0 radical (unpaired) electrons. The van der Waals surface area contributed by atoms with Crippen LogP contribution in [0, 0.1) is 13.8 Å². The SMILES string of the molecule is COc1cc(C)c(S(=O)(=O)N(C)CCCCC(=O)N(C)Cc2ccc(C3=NCCN3)cc2Cl)c(C)c1. The molecule has 0 atom stereocenters. The molecule has 0 fully saturated rings. The Morgan fingerprint density at radius 2 is 1.83 bits per heavy atom. The van der Waals surface area contributed by atoms with Gasteiger partial charge in [0.05, 0.1) is 18.6 Å². The van der Waals surface area contributed by atoms with E-state index in [0.717, 1.165) is 30.1 Å². The third-order valence-corrected chi connectivity index (χ3v) is 8.80. The van der Waals surface area contributed by atoms with E-state index < -0.39 is 10.0 Å². The second-order valence-electron chi connectivity index (χ2n) is 9.09. The van der Waals surface area contributed by atoms with Crippen LogP contribution in [0.1, 0.15) is 41.5 Å². The minimum atomic E-state index is -3.64. The first kappa shape index (κ1) is 28.0. The van der Waals surface area contributed by atoms with Gasteiger partial charge in [-0.3, -0.25) is 9.79 Å². The number of amides is 1. The van der Waals surface area contributed by atoms with E-state index in [1.807, 2.05) is 18.2 Å². The molecule has 1 heterocycles. The topological polar surface area (TPSA) is 91.3 Å². The highest BCUT2D eigenvalue weighted by Crippen LogP contribution is 2.28. The Bertz CT molecular complexity index is 1220. The van der Waals surface area contributed by atoms with Gasteiger partial charge in [0.15, 0.2) is 0 Å². The molecular formula is C26H35ClN4O4S. The molecule has 10 heteroatoms. The number of sulfonamides is 1. The molecule has 0 aliphatic carbocycles. The van der Waals surface area contributed by atoms with E-state index in [-0.39, 0.29) is 5.91 Å². The van der Waals surface area contributed by atoms with Crippen molar-refractivity contribution in [2.24, 2.45) is 4.99 Å². The highest BCUT2D eigenvalue weighted by molar-refractivity contribution is 7.89. The van der Waals surface area contributed by atoms with E-state index >= 15 is 0 Å². The number of ether oxygens (including phenoxy) is 1. The highest BCUT2D eigenvalue weighted by atomic mass is 35.5. The number of rotatable bonds is 11. The molecule has 1 amide bonds. The van der Waals surface area contributed by atoms with E-state index in [2.05, 4.69) is 10.3 Å². The van der Waals surface area contributed by atoms with Gasteiger partial charge in [0.25, 0.3) is 0 Å². The van der Waals surface area contributed by atoms with E-state index in [1.165, 1.54) is 4.31 Å². The molecule has 8 nitrogen and oxygen atoms in total. The molecule has 1 aliphatic rings. The fourth-order valence-corrected chi connectivity index (χ4v) is 6.12. The molecule has 3 rings (SSSR count). The van der Waals surface area contributed by atoms with Gasteiger partial charge in [0, 0.05) is 50.7 Å². The maximum Gasteiger partial charge on any atom is 0.243 e. The van der Waals surface area contributed by atoms with E-state index in [0.29, 0.717) is 59.1 Å². The molecule has 0 bridgehead atoms. The summed E-state index contributed by atoms with van der Waals surface area (Å²) in [5.74, 6) is 1.47. The summed E-state index contributed by atoms with van der Waals surface area (Å²) >= 11 is 6.46. The van der Waals surface area contributed by atoms with Crippen LogP contribution >= 0.6 is 11.6 Å². The number of methoxy groups -OCH3 is 1. The lowest BCUT2D eigenvalue weighted by atomic mass is 10.1. The van der Waals surface area contributed by atoms with Crippen molar-refractivity contribution in [2.75, 3.05) is 40.8 Å². The molecule has 1 aliphatic heterocycles. The monoisotopic (exact) mass is 534 g/mol. The first-order valence-electron chi connectivity index (χ1n) is 12.0. The Morgan fingerprint density at radius 3 is 2.42 bits per heavy atom. The minimum Gasteiger partial charge on any atom is -0.497 e. The second kappa shape index (κ2) is 12.1. The van der Waals surface area contributed by atoms with Gasteiger partial charge in [-0.1, -0.05) is 23.7 Å². The quantitative estimate of drug-likeness (QED) is 0.443. The Morgan fingerprint density at radius 1 is 1.14 bits per heavy atom. The van der Waals surface area contributed by atoms with Crippen LogP contribution in [0.25, 0.3) is 0 Å². The molecule has 36 heavy (non-hydrogen) atoms. The largest absolute Gasteiger partial charge is 0.497 e. The minimum absolute atomic E-state index is 0.00988. The summed E-state index contributed by atoms with van der Waals surface area (Å²) in [5, 5.41) is 3.82. The number of aliphatic imine (C=N–C) groups is 1. The predicted molar refractivity (Wildman–Crippen MR) is 143 cm³/mol. The Hall–Kier alpha value is -2.62. The summed E-state index contributed by atoms with van der Waals surface area (Å²) in [6.45, 7) is 5.86. The Labute approximate surface area is 219 Å². The number of hydrogen-bond acceptors (Lipinski definition) is 6. The van der Waals surface area contributed by atoms with Gasteiger partial charge in [0.1, 0.15) is 11.6 Å². The molecular weight excluding hydrogens is 500 g/mol. The zero-order chi connectivity index (χ0) is 26.5. The number of benzene rings is 2. The van der Waals surface area contributed by atoms with Crippen LogP contribution in [0.15, 0.2) is 40.2 Å². The number of nitrogens with one attached hydrogen (secondary N) is 1. The summed E-state index contributed by atoms with van der Waals surface area (Å²) in [7, 11) is 1.24. The predicted octanol–water partition coefficient (Wildman–Crippen LogP) is 3.76. The molecule has 0 saturated heterocycles. The van der Waals surface area contributed by atoms with Crippen LogP contribution in [0.4, 0.5) is 0 Å². The van der Waals surface area contributed by atoms with Gasteiger partial charge in [-0.15, -0.1) is 0 Å². The average molecular weight is 535 g/mol. The van der Waals surface area contributed by atoms with Crippen molar-refractivity contribution in [3.05, 3.63) is 57.6 Å². The number of aryl methyl sites for hydroxylation is 2. The summed E-state index contributed by atoms with van der Waals surface area (Å²) in [6, 6.07) is 9.20. The summed E-state index contributed by atoms with van der Waals surface area (Å²) < 4.78 is 32.9. The van der Waals surface area contributed by atoms with Gasteiger partial charge >= 0.3 is 0 Å².